The minimum Gasteiger partial charge on any atom is -0.334 e. The van der Waals surface area contributed by atoms with Gasteiger partial charge >= 0.3 is 0 Å². The largest absolute Gasteiger partial charge is 0.334 e. The van der Waals surface area contributed by atoms with Crippen molar-refractivity contribution in [3.63, 3.8) is 0 Å². The van der Waals surface area contributed by atoms with Crippen LogP contribution in [0.25, 0.3) is 22.4 Å². The Hall–Kier alpha value is -1.98. The van der Waals surface area contributed by atoms with Crippen molar-refractivity contribution in [2.45, 2.75) is 31.2 Å². The molecule has 1 fully saturated rings. The van der Waals surface area contributed by atoms with Crippen molar-refractivity contribution >= 4 is 22.5 Å². The van der Waals surface area contributed by atoms with E-state index in [9.17, 15) is 0 Å². The second-order valence-corrected chi connectivity index (χ2v) is 6.19. The van der Waals surface area contributed by atoms with Gasteiger partial charge < -0.3 is 10.3 Å². The molecule has 0 saturated heterocycles. The molecule has 112 valence electrons. The highest BCUT2D eigenvalue weighted by Gasteiger charge is 2.36. The Bertz CT molecular complexity index is 839. The molecule has 0 spiro atoms. The molecule has 2 heterocycles. The van der Waals surface area contributed by atoms with E-state index in [1.165, 1.54) is 0 Å². The minimum atomic E-state index is -0.461. The number of nitrogens with two attached hydrogens (primary N) is 1. The molecule has 2 aromatic heterocycles. The highest BCUT2D eigenvalue weighted by atomic mass is 35.5. The number of halogens is 1. The van der Waals surface area contributed by atoms with Crippen molar-refractivity contribution in [1.29, 1.82) is 0 Å². The number of benzene rings is 1. The van der Waals surface area contributed by atoms with Crippen LogP contribution in [0, 0.1) is 0 Å². The van der Waals surface area contributed by atoms with Crippen LogP contribution < -0.4 is 5.73 Å². The average molecular weight is 315 g/mol. The predicted octanol–water partition coefficient (Wildman–Crippen LogP) is 3.67. The molecule has 2 N–H and O–H groups in total. The van der Waals surface area contributed by atoms with Gasteiger partial charge in [0, 0.05) is 11.6 Å². The van der Waals surface area contributed by atoms with Gasteiger partial charge in [0.15, 0.2) is 5.82 Å². The van der Waals surface area contributed by atoms with Crippen molar-refractivity contribution in [1.82, 2.24) is 15.1 Å². The number of hydrogen-bond donors (Lipinski definition) is 1. The smallest absolute Gasteiger partial charge is 0.260 e. The lowest BCUT2D eigenvalue weighted by atomic mass is 9.98. The summed E-state index contributed by atoms with van der Waals surface area (Å²) in [7, 11) is 0. The number of hydrogen-bond acceptors (Lipinski definition) is 5. The molecule has 1 aromatic carbocycles. The standard InChI is InChI=1S/C16H15ClN4O/c17-12-6-5-11(13-10(12)4-3-9-19-13)14-20-15(21-22-14)16(18)7-1-2-8-16/h3-6,9H,1-2,7-8,18H2. The van der Waals surface area contributed by atoms with E-state index in [-0.39, 0.29) is 0 Å². The first-order valence-corrected chi connectivity index (χ1v) is 7.72. The third kappa shape index (κ3) is 2.09. The van der Waals surface area contributed by atoms with E-state index < -0.39 is 5.54 Å². The fourth-order valence-corrected chi connectivity index (χ4v) is 3.29. The molecule has 0 radical (unpaired) electrons. The number of nitrogens with zero attached hydrogens (tertiary/aromatic N) is 3. The summed E-state index contributed by atoms with van der Waals surface area (Å²) >= 11 is 6.22. The Balaban J connectivity index is 1.83. The maximum absolute atomic E-state index is 6.39. The van der Waals surface area contributed by atoms with Gasteiger partial charge in [-0.05, 0) is 37.1 Å². The van der Waals surface area contributed by atoms with Crippen LogP contribution in [-0.4, -0.2) is 15.1 Å². The summed E-state index contributed by atoms with van der Waals surface area (Å²) in [4.78, 5) is 8.93. The first kappa shape index (κ1) is 13.7. The van der Waals surface area contributed by atoms with Gasteiger partial charge in [0.1, 0.15) is 0 Å². The first-order valence-electron chi connectivity index (χ1n) is 7.34. The zero-order valence-corrected chi connectivity index (χ0v) is 12.7. The van der Waals surface area contributed by atoms with Crippen LogP contribution in [0.3, 0.4) is 0 Å². The third-order valence-electron chi connectivity index (χ3n) is 4.31. The number of pyridine rings is 1. The van der Waals surface area contributed by atoms with Gasteiger partial charge in [0.25, 0.3) is 5.89 Å². The maximum atomic E-state index is 6.39. The van der Waals surface area contributed by atoms with Crippen molar-refractivity contribution in [2.75, 3.05) is 0 Å². The SMILES string of the molecule is NC1(c2noc(-c3ccc(Cl)c4cccnc34)n2)CCCC1. The van der Waals surface area contributed by atoms with E-state index in [2.05, 4.69) is 15.1 Å². The summed E-state index contributed by atoms with van der Waals surface area (Å²) in [6, 6.07) is 7.45. The molecule has 0 aliphatic heterocycles. The van der Waals surface area contributed by atoms with Crippen LogP contribution in [0.2, 0.25) is 5.02 Å². The zero-order chi connectivity index (χ0) is 15.2. The number of aromatic nitrogens is 3. The van der Waals surface area contributed by atoms with Crippen molar-refractivity contribution < 1.29 is 4.52 Å². The fourth-order valence-electron chi connectivity index (χ4n) is 3.08. The van der Waals surface area contributed by atoms with Crippen molar-refractivity contribution in [3.05, 3.63) is 41.3 Å². The summed E-state index contributed by atoms with van der Waals surface area (Å²) in [6.07, 6.45) is 5.72. The quantitative estimate of drug-likeness (QED) is 0.781. The molecule has 1 aliphatic rings. The van der Waals surface area contributed by atoms with Crippen molar-refractivity contribution in [2.24, 2.45) is 5.73 Å². The summed E-state index contributed by atoms with van der Waals surface area (Å²) < 4.78 is 5.45. The van der Waals surface area contributed by atoms with Crippen LogP contribution >= 0.6 is 11.6 Å². The summed E-state index contributed by atoms with van der Waals surface area (Å²) in [5.41, 5.74) is 7.46. The molecular formula is C16H15ClN4O. The van der Waals surface area contributed by atoms with Gasteiger partial charge in [0.2, 0.25) is 0 Å². The topological polar surface area (TPSA) is 77.8 Å². The monoisotopic (exact) mass is 314 g/mol. The summed E-state index contributed by atoms with van der Waals surface area (Å²) in [6.45, 7) is 0. The van der Waals surface area contributed by atoms with Gasteiger partial charge in [-0.15, -0.1) is 0 Å². The molecule has 0 amide bonds. The molecule has 6 heteroatoms. The second kappa shape index (κ2) is 5.04. The van der Waals surface area contributed by atoms with E-state index in [1.54, 1.807) is 6.20 Å². The summed E-state index contributed by atoms with van der Waals surface area (Å²) in [5.74, 6) is 1.02. The Morgan fingerprint density at radius 3 is 2.82 bits per heavy atom. The lowest BCUT2D eigenvalue weighted by molar-refractivity contribution is 0.373. The lowest BCUT2D eigenvalue weighted by Gasteiger charge is -2.17. The van der Waals surface area contributed by atoms with E-state index in [4.69, 9.17) is 21.9 Å². The Kier molecular flexibility index (Phi) is 3.13. The first-order chi connectivity index (χ1) is 10.7. The highest BCUT2D eigenvalue weighted by molar-refractivity contribution is 6.35. The Morgan fingerprint density at radius 1 is 1.18 bits per heavy atom. The van der Waals surface area contributed by atoms with E-state index in [0.717, 1.165) is 42.1 Å². The Labute approximate surface area is 132 Å². The number of rotatable bonds is 2. The fraction of sp³-hybridized carbons (Fsp3) is 0.312. The Morgan fingerprint density at radius 2 is 2.00 bits per heavy atom. The van der Waals surface area contributed by atoms with Crippen LogP contribution in [-0.2, 0) is 5.54 Å². The molecule has 5 nitrogen and oxygen atoms in total. The van der Waals surface area contributed by atoms with E-state index in [0.29, 0.717) is 16.7 Å². The molecule has 0 unspecified atom stereocenters. The second-order valence-electron chi connectivity index (χ2n) is 5.78. The molecule has 1 saturated carbocycles. The molecule has 4 rings (SSSR count). The van der Waals surface area contributed by atoms with E-state index in [1.807, 2.05) is 24.3 Å². The minimum absolute atomic E-state index is 0.437. The molecule has 22 heavy (non-hydrogen) atoms. The maximum Gasteiger partial charge on any atom is 0.260 e. The van der Waals surface area contributed by atoms with Gasteiger partial charge in [-0.25, -0.2) is 0 Å². The van der Waals surface area contributed by atoms with Gasteiger partial charge in [-0.2, -0.15) is 4.98 Å². The van der Waals surface area contributed by atoms with E-state index >= 15 is 0 Å². The van der Waals surface area contributed by atoms with Crippen LogP contribution in [0.15, 0.2) is 35.0 Å². The van der Waals surface area contributed by atoms with Gasteiger partial charge in [-0.1, -0.05) is 29.6 Å². The lowest BCUT2D eigenvalue weighted by Crippen LogP contribution is -2.34. The predicted molar refractivity (Wildman–Crippen MR) is 84.4 cm³/mol. The highest BCUT2D eigenvalue weighted by Crippen LogP contribution is 2.36. The zero-order valence-electron chi connectivity index (χ0n) is 11.9. The molecule has 0 atom stereocenters. The summed E-state index contributed by atoms with van der Waals surface area (Å²) in [5, 5.41) is 5.62. The molecule has 0 bridgehead atoms. The molecular weight excluding hydrogens is 300 g/mol. The van der Waals surface area contributed by atoms with Crippen LogP contribution in [0.4, 0.5) is 0 Å². The van der Waals surface area contributed by atoms with Gasteiger partial charge in [-0.3, -0.25) is 4.98 Å². The van der Waals surface area contributed by atoms with Crippen molar-refractivity contribution in [3.8, 4) is 11.5 Å². The normalized spacial score (nSPS) is 17.2. The number of fused-ring (bicyclic) bond motifs is 1. The molecule has 1 aliphatic carbocycles. The van der Waals surface area contributed by atoms with Crippen LogP contribution in [0.5, 0.6) is 0 Å². The third-order valence-corrected chi connectivity index (χ3v) is 4.64. The van der Waals surface area contributed by atoms with Gasteiger partial charge in [0.05, 0.1) is 21.6 Å². The average Bonchev–Trinajstić information content (AvgIpc) is 3.18. The molecule has 3 aromatic rings. The van der Waals surface area contributed by atoms with Crippen LogP contribution in [0.1, 0.15) is 31.5 Å².